The summed E-state index contributed by atoms with van der Waals surface area (Å²) in [6.07, 6.45) is 1.10. The molecule has 3 nitrogen and oxygen atoms in total. The molecule has 2 rings (SSSR count). The zero-order valence-electron chi connectivity index (χ0n) is 9.68. The van der Waals surface area contributed by atoms with Gasteiger partial charge in [0.2, 0.25) is 0 Å². The lowest BCUT2D eigenvalue weighted by molar-refractivity contribution is 0.00455. The van der Waals surface area contributed by atoms with Gasteiger partial charge in [-0.1, -0.05) is 23.7 Å². The van der Waals surface area contributed by atoms with Crippen LogP contribution < -0.4 is 0 Å². The molecule has 1 N–H and O–H groups in total. The third-order valence-electron chi connectivity index (χ3n) is 2.92. The number of aliphatic hydroxyl groups excluding tert-OH is 1. The Hall–Kier alpha value is -0.710. The predicted molar refractivity (Wildman–Crippen MR) is 70.4 cm³/mol. The molecule has 1 heterocycles. The summed E-state index contributed by atoms with van der Waals surface area (Å²) in [4.78, 5) is 13.7. The van der Waals surface area contributed by atoms with Gasteiger partial charge in [0.1, 0.15) is 0 Å². The van der Waals surface area contributed by atoms with E-state index in [2.05, 4.69) is 0 Å². The number of nitrogens with zero attached hydrogens (tertiary/aromatic N) is 1. The minimum absolute atomic E-state index is 0.0176. The van der Waals surface area contributed by atoms with Crippen LogP contribution in [0.25, 0.3) is 0 Å². The van der Waals surface area contributed by atoms with E-state index in [4.69, 9.17) is 11.6 Å². The van der Waals surface area contributed by atoms with Crippen LogP contribution in [-0.2, 0) is 0 Å². The van der Waals surface area contributed by atoms with Gasteiger partial charge >= 0.3 is 0 Å². The number of aliphatic hydroxyl groups is 1. The Balaban J connectivity index is 2.39. The van der Waals surface area contributed by atoms with Gasteiger partial charge in [-0.15, -0.1) is 0 Å². The van der Waals surface area contributed by atoms with Crippen molar-refractivity contribution in [1.29, 1.82) is 0 Å². The Labute approximate surface area is 110 Å². The van der Waals surface area contributed by atoms with Gasteiger partial charge in [0.15, 0.2) is 6.23 Å². The molecule has 5 heteroatoms. The fourth-order valence-corrected chi connectivity index (χ4v) is 3.04. The van der Waals surface area contributed by atoms with Crippen LogP contribution in [0.4, 0.5) is 0 Å². The summed E-state index contributed by atoms with van der Waals surface area (Å²) >= 11 is 7.66. The van der Waals surface area contributed by atoms with Crippen molar-refractivity contribution in [1.82, 2.24) is 4.90 Å². The minimum Gasteiger partial charge on any atom is -0.369 e. The van der Waals surface area contributed by atoms with Crippen LogP contribution in [-0.4, -0.2) is 34.0 Å². The molecule has 0 aliphatic carbocycles. The average molecular weight is 272 g/mol. The van der Waals surface area contributed by atoms with E-state index >= 15 is 0 Å². The minimum atomic E-state index is -0.877. The maximum Gasteiger partial charge on any atom is 0.258 e. The Kier molecular flexibility index (Phi) is 3.66. The van der Waals surface area contributed by atoms with E-state index in [1.807, 2.05) is 13.2 Å². The second kappa shape index (κ2) is 4.88. The number of halogens is 1. The van der Waals surface area contributed by atoms with Crippen molar-refractivity contribution in [2.24, 2.45) is 0 Å². The van der Waals surface area contributed by atoms with E-state index in [0.29, 0.717) is 16.1 Å². The Bertz CT molecular complexity index is 452. The quantitative estimate of drug-likeness (QED) is 0.918. The number of hydrogen-bond acceptors (Lipinski definition) is 3. The zero-order valence-corrected chi connectivity index (χ0v) is 11.3. The van der Waals surface area contributed by atoms with E-state index in [-0.39, 0.29) is 11.9 Å². The van der Waals surface area contributed by atoms with Crippen LogP contribution in [0.1, 0.15) is 29.1 Å². The third-order valence-corrected chi connectivity index (χ3v) is 4.05. The van der Waals surface area contributed by atoms with E-state index in [0.717, 1.165) is 5.75 Å². The van der Waals surface area contributed by atoms with Gasteiger partial charge in [-0.05, 0) is 19.2 Å². The lowest BCUT2D eigenvalue weighted by atomic mass is 10.1. The molecule has 1 aliphatic rings. The molecule has 0 radical (unpaired) electrons. The van der Waals surface area contributed by atoms with Crippen molar-refractivity contribution >= 4 is 29.3 Å². The summed E-state index contributed by atoms with van der Waals surface area (Å²) in [5.41, 5.74) is 1.05. The number of carbonyl (C=O) groups is 1. The van der Waals surface area contributed by atoms with E-state index in [9.17, 15) is 9.90 Å². The fourth-order valence-electron chi connectivity index (χ4n) is 2.13. The lowest BCUT2D eigenvalue weighted by Crippen LogP contribution is -2.37. The SMILES string of the molecule is CSCC(C)N1C(=O)c2c(Cl)cccc2C1O. The van der Waals surface area contributed by atoms with Crippen molar-refractivity contribution in [2.45, 2.75) is 19.2 Å². The normalized spacial score (nSPS) is 20.6. The molecule has 0 fully saturated rings. The Morgan fingerprint density at radius 2 is 2.29 bits per heavy atom. The van der Waals surface area contributed by atoms with Gasteiger partial charge in [-0.3, -0.25) is 4.79 Å². The highest BCUT2D eigenvalue weighted by molar-refractivity contribution is 7.98. The molecule has 1 aliphatic heterocycles. The van der Waals surface area contributed by atoms with Crippen molar-refractivity contribution < 1.29 is 9.90 Å². The van der Waals surface area contributed by atoms with Crippen molar-refractivity contribution in [3.63, 3.8) is 0 Å². The first-order valence-electron chi connectivity index (χ1n) is 5.36. The van der Waals surface area contributed by atoms with Gasteiger partial charge in [0, 0.05) is 17.4 Å². The largest absolute Gasteiger partial charge is 0.369 e. The molecule has 1 amide bonds. The molecular formula is C12H14ClNO2S. The molecule has 2 atom stereocenters. The van der Waals surface area contributed by atoms with Crippen LogP contribution in [0, 0.1) is 0 Å². The molecular weight excluding hydrogens is 258 g/mol. The van der Waals surface area contributed by atoms with Gasteiger partial charge in [-0.25, -0.2) is 0 Å². The van der Waals surface area contributed by atoms with Crippen LogP contribution in [0.2, 0.25) is 5.02 Å². The Morgan fingerprint density at radius 1 is 1.59 bits per heavy atom. The molecule has 1 aromatic rings. The smallest absolute Gasteiger partial charge is 0.258 e. The number of thioether (sulfide) groups is 1. The van der Waals surface area contributed by atoms with Gasteiger partial charge in [0.05, 0.1) is 10.6 Å². The fraction of sp³-hybridized carbons (Fsp3) is 0.417. The highest BCUT2D eigenvalue weighted by atomic mass is 35.5. The number of fused-ring (bicyclic) bond motifs is 1. The summed E-state index contributed by atoms with van der Waals surface area (Å²) in [5.74, 6) is 0.605. The maximum atomic E-state index is 12.2. The maximum absolute atomic E-state index is 12.2. The number of rotatable bonds is 3. The second-order valence-corrected chi connectivity index (χ2v) is 5.41. The molecule has 92 valence electrons. The van der Waals surface area contributed by atoms with Crippen molar-refractivity contribution in [3.05, 3.63) is 34.3 Å². The molecule has 1 aromatic carbocycles. The van der Waals surface area contributed by atoms with Crippen LogP contribution >= 0.6 is 23.4 Å². The van der Waals surface area contributed by atoms with Crippen molar-refractivity contribution in [3.8, 4) is 0 Å². The summed E-state index contributed by atoms with van der Waals surface area (Å²) in [7, 11) is 0. The van der Waals surface area contributed by atoms with E-state index in [1.54, 1.807) is 30.0 Å². The predicted octanol–water partition coefficient (Wildman–Crippen LogP) is 2.54. The topological polar surface area (TPSA) is 40.5 Å². The highest BCUT2D eigenvalue weighted by Gasteiger charge is 2.39. The van der Waals surface area contributed by atoms with E-state index < -0.39 is 6.23 Å². The second-order valence-electron chi connectivity index (χ2n) is 4.09. The van der Waals surface area contributed by atoms with Crippen molar-refractivity contribution in [2.75, 3.05) is 12.0 Å². The average Bonchev–Trinajstić information content (AvgIpc) is 2.53. The molecule has 17 heavy (non-hydrogen) atoms. The number of carbonyl (C=O) groups excluding carboxylic acids is 1. The summed E-state index contributed by atoms with van der Waals surface area (Å²) in [5, 5.41) is 10.6. The van der Waals surface area contributed by atoms with E-state index in [1.165, 1.54) is 4.90 Å². The monoisotopic (exact) mass is 271 g/mol. The van der Waals surface area contributed by atoms with Gasteiger partial charge in [0.25, 0.3) is 5.91 Å². The first kappa shape index (κ1) is 12.7. The summed E-state index contributed by atoms with van der Waals surface area (Å²) in [6, 6.07) is 5.15. The Morgan fingerprint density at radius 3 is 2.88 bits per heavy atom. The van der Waals surface area contributed by atoms with Crippen LogP contribution in [0.3, 0.4) is 0 Å². The van der Waals surface area contributed by atoms with Crippen LogP contribution in [0.5, 0.6) is 0 Å². The zero-order chi connectivity index (χ0) is 12.6. The van der Waals surface area contributed by atoms with Crippen LogP contribution in [0.15, 0.2) is 18.2 Å². The molecule has 2 unspecified atom stereocenters. The molecule has 0 saturated carbocycles. The number of hydrogen-bond donors (Lipinski definition) is 1. The molecule has 0 bridgehead atoms. The summed E-state index contributed by atoms with van der Waals surface area (Å²) < 4.78 is 0. The molecule has 0 aromatic heterocycles. The first-order valence-corrected chi connectivity index (χ1v) is 7.13. The number of amides is 1. The third kappa shape index (κ3) is 2.05. The lowest BCUT2D eigenvalue weighted by Gasteiger charge is -2.27. The number of benzene rings is 1. The summed E-state index contributed by atoms with van der Waals surface area (Å²) in [6.45, 7) is 1.93. The molecule has 0 saturated heterocycles. The first-order chi connectivity index (χ1) is 8.07. The van der Waals surface area contributed by atoms with Gasteiger partial charge < -0.3 is 10.0 Å². The van der Waals surface area contributed by atoms with Gasteiger partial charge in [-0.2, -0.15) is 11.8 Å². The standard InChI is InChI=1S/C12H14ClNO2S/c1-7(6-17-2)14-11(15)8-4-3-5-9(13)10(8)12(14)16/h3-5,7,11,15H,6H2,1-2H3. The highest BCUT2D eigenvalue weighted by Crippen LogP contribution is 2.37. The molecule has 0 spiro atoms.